The summed E-state index contributed by atoms with van der Waals surface area (Å²) in [5, 5.41) is 11.2. The van der Waals surface area contributed by atoms with Gasteiger partial charge in [-0.25, -0.2) is 0 Å². The van der Waals surface area contributed by atoms with Crippen molar-refractivity contribution in [2.75, 3.05) is 31.1 Å². The first-order valence-corrected chi connectivity index (χ1v) is 10.7. The molecule has 0 aliphatic carbocycles. The molecule has 0 unspecified atom stereocenters. The quantitative estimate of drug-likeness (QED) is 0.441. The standard InChI is InChI=1S/C26H25N3O2/c30-24-13-7-6-12-23(24)28-14-16-29(17-15-28)25(19-8-2-1-3-9-19)26(31)21-18-27-22-11-5-4-10-20(21)22/h1-13,18,25,27,30H,14-17H2/p+1/t25-/m0/s1. The topological polar surface area (TPSA) is 60.8 Å². The third-order valence-corrected chi connectivity index (χ3v) is 6.29. The van der Waals surface area contributed by atoms with Gasteiger partial charge in [0.15, 0.2) is 6.04 Å². The first-order valence-electron chi connectivity index (χ1n) is 10.7. The fourth-order valence-electron chi connectivity index (χ4n) is 4.70. The van der Waals surface area contributed by atoms with Crippen LogP contribution in [-0.2, 0) is 0 Å². The predicted octanol–water partition coefficient (Wildman–Crippen LogP) is 3.20. The molecular weight excluding hydrogens is 386 g/mol. The van der Waals surface area contributed by atoms with Crippen molar-refractivity contribution in [1.29, 1.82) is 0 Å². The van der Waals surface area contributed by atoms with E-state index in [0.29, 0.717) is 5.75 Å². The maximum atomic E-state index is 13.8. The van der Waals surface area contributed by atoms with Gasteiger partial charge in [-0.1, -0.05) is 60.7 Å². The Bertz CT molecular complexity index is 1190. The zero-order valence-corrected chi connectivity index (χ0v) is 17.3. The number of aromatic hydroxyl groups is 1. The first-order chi connectivity index (χ1) is 15.2. The van der Waals surface area contributed by atoms with Crippen molar-refractivity contribution in [2.45, 2.75) is 6.04 Å². The van der Waals surface area contributed by atoms with Crippen LogP contribution in [0.1, 0.15) is 22.0 Å². The number of rotatable bonds is 5. The molecule has 1 saturated heterocycles. The summed E-state index contributed by atoms with van der Waals surface area (Å²) in [4.78, 5) is 20.5. The lowest BCUT2D eigenvalue weighted by Crippen LogP contribution is -3.15. The number of hydrogen-bond donors (Lipinski definition) is 3. The Hall–Kier alpha value is -3.57. The number of ketones is 1. The van der Waals surface area contributed by atoms with Crippen LogP contribution in [0.25, 0.3) is 10.9 Å². The number of nitrogens with one attached hydrogen (secondary N) is 2. The second-order valence-corrected chi connectivity index (χ2v) is 8.09. The fourth-order valence-corrected chi connectivity index (χ4v) is 4.70. The third-order valence-electron chi connectivity index (χ3n) is 6.29. The molecule has 1 aromatic heterocycles. The maximum absolute atomic E-state index is 13.8. The van der Waals surface area contributed by atoms with Gasteiger partial charge in [-0.15, -0.1) is 0 Å². The number of para-hydroxylation sites is 3. The van der Waals surface area contributed by atoms with Crippen LogP contribution in [0.2, 0.25) is 0 Å². The summed E-state index contributed by atoms with van der Waals surface area (Å²) in [6.07, 6.45) is 1.85. The van der Waals surface area contributed by atoms with E-state index in [0.717, 1.165) is 53.9 Å². The number of benzene rings is 3. The molecule has 5 heteroatoms. The lowest BCUT2D eigenvalue weighted by molar-refractivity contribution is -0.921. The zero-order valence-electron chi connectivity index (χ0n) is 17.3. The van der Waals surface area contributed by atoms with Gasteiger partial charge in [0, 0.05) is 28.2 Å². The van der Waals surface area contributed by atoms with Gasteiger partial charge < -0.3 is 19.9 Å². The molecule has 4 aromatic rings. The van der Waals surface area contributed by atoms with Crippen molar-refractivity contribution >= 4 is 22.4 Å². The van der Waals surface area contributed by atoms with Gasteiger partial charge in [0.1, 0.15) is 5.75 Å². The van der Waals surface area contributed by atoms with Crippen LogP contribution in [0, 0.1) is 0 Å². The van der Waals surface area contributed by atoms with Gasteiger partial charge in [0.05, 0.1) is 31.9 Å². The van der Waals surface area contributed by atoms with E-state index >= 15 is 0 Å². The summed E-state index contributed by atoms with van der Waals surface area (Å²) in [7, 11) is 0. The molecule has 2 heterocycles. The number of quaternary nitrogens is 1. The summed E-state index contributed by atoms with van der Waals surface area (Å²) in [6, 6.07) is 25.3. The molecule has 0 saturated carbocycles. The molecule has 0 bridgehead atoms. The van der Waals surface area contributed by atoms with E-state index < -0.39 is 0 Å². The van der Waals surface area contributed by atoms with Gasteiger partial charge in [0.25, 0.3) is 0 Å². The number of Topliss-reactive ketones (excluding diaryl/α,β-unsaturated/α-hetero) is 1. The number of aromatic nitrogens is 1. The van der Waals surface area contributed by atoms with Crippen LogP contribution in [0.4, 0.5) is 5.69 Å². The number of phenolic OH excluding ortho intramolecular Hbond substituents is 1. The molecular formula is C26H26N3O2+. The van der Waals surface area contributed by atoms with Crippen molar-refractivity contribution in [3.63, 3.8) is 0 Å². The van der Waals surface area contributed by atoms with Gasteiger partial charge in [-0.3, -0.25) is 4.79 Å². The van der Waals surface area contributed by atoms with E-state index in [-0.39, 0.29) is 11.8 Å². The smallest absolute Gasteiger partial charge is 0.226 e. The number of aromatic amines is 1. The number of nitrogens with zero attached hydrogens (tertiary/aromatic N) is 1. The summed E-state index contributed by atoms with van der Waals surface area (Å²) < 4.78 is 0. The van der Waals surface area contributed by atoms with Crippen molar-refractivity contribution in [1.82, 2.24) is 4.98 Å². The molecule has 1 aliphatic rings. The minimum Gasteiger partial charge on any atom is -0.506 e. The van der Waals surface area contributed by atoms with Crippen molar-refractivity contribution < 1.29 is 14.8 Å². The van der Waals surface area contributed by atoms with Crippen LogP contribution in [0.3, 0.4) is 0 Å². The Morgan fingerprint density at radius 1 is 0.903 bits per heavy atom. The summed E-state index contributed by atoms with van der Waals surface area (Å²) in [5.74, 6) is 0.454. The van der Waals surface area contributed by atoms with E-state index in [2.05, 4.69) is 22.0 Å². The fraction of sp³-hybridized carbons (Fsp3) is 0.192. The van der Waals surface area contributed by atoms with E-state index in [1.54, 1.807) is 6.07 Å². The van der Waals surface area contributed by atoms with Crippen LogP contribution >= 0.6 is 0 Å². The summed E-state index contributed by atoms with van der Waals surface area (Å²) >= 11 is 0. The lowest BCUT2D eigenvalue weighted by Gasteiger charge is -2.37. The summed E-state index contributed by atoms with van der Waals surface area (Å²) in [5.41, 5.74) is 3.64. The van der Waals surface area contributed by atoms with E-state index in [4.69, 9.17) is 0 Å². The number of carbonyl (C=O) groups is 1. The molecule has 5 rings (SSSR count). The number of H-pyrrole nitrogens is 1. The Kier molecular flexibility index (Phi) is 5.18. The number of phenols is 1. The average molecular weight is 413 g/mol. The summed E-state index contributed by atoms with van der Waals surface area (Å²) in [6.45, 7) is 3.22. The van der Waals surface area contributed by atoms with E-state index in [9.17, 15) is 9.90 Å². The van der Waals surface area contributed by atoms with Gasteiger partial charge >= 0.3 is 0 Å². The Morgan fingerprint density at radius 3 is 2.35 bits per heavy atom. The van der Waals surface area contributed by atoms with Crippen molar-refractivity contribution in [3.05, 3.63) is 96.2 Å². The van der Waals surface area contributed by atoms with Gasteiger partial charge in [0.2, 0.25) is 5.78 Å². The lowest BCUT2D eigenvalue weighted by atomic mass is 9.95. The molecule has 3 aromatic carbocycles. The minimum atomic E-state index is -0.257. The Balaban J connectivity index is 1.44. The molecule has 0 amide bonds. The maximum Gasteiger partial charge on any atom is 0.226 e. The molecule has 1 aliphatic heterocycles. The molecule has 5 nitrogen and oxygen atoms in total. The highest BCUT2D eigenvalue weighted by Gasteiger charge is 2.36. The van der Waals surface area contributed by atoms with E-state index in [1.165, 1.54) is 4.90 Å². The van der Waals surface area contributed by atoms with Gasteiger partial charge in [-0.05, 0) is 18.2 Å². The number of carbonyl (C=O) groups excluding carboxylic acids is 1. The predicted molar refractivity (Wildman–Crippen MR) is 123 cm³/mol. The number of fused-ring (bicyclic) bond motifs is 1. The second-order valence-electron chi connectivity index (χ2n) is 8.09. The Labute approximate surface area is 181 Å². The Morgan fingerprint density at radius 2 is 1.58 bits per heavy atom. The van der Waals surface area contributed by atoms with Crippen LogP contribution in [-0.4, -0.2) is 42.1 Å². The number of hydrogen-bond acceptors (Lipinski definition) is 3. The minimum absolute atomic E-state index is 0.148. The molecule has 31 heavy (non-hydrogen) atoms. The van der Waals surface area contributed by atoms with Crippen LogP contribution in [0.5, 0.6) is 5.75 Å². The largest absolute Gasteiger partial charge is 0.506 e. The highest BCUT2D eigenvalue weighted by atomic mass is 16.3. The van der Waals surface area contributed by atoms with Crippen molar-refractivity contribution in [3.8, 4) is 5.75 Å². The highest BCUT2D eigenvalue weighted by Crippen LogP contribution is 2.27. The number of anilines is 1. The molecule has 1 atom stereocenters. The molecule has 0 spiro atoms. The SMILES string of the molecule is O=C(c1c[nH]c2ccccc12)[C@H](c1ccccc1)[NH+]1CCN(c2ccccc2O)CC1. The van der Waals surface area contributed by atoms with Crippen molar-refractivity contribution in [2.24, 2.45) is 0 Å². The average Bonchev–Trinajstić information content (AvgIpc) is 3.25. The van der Waals surface area contributed by atoms with Gasteiger partial charge in [-0.2, -0.15) is 0 Å². The molecule has 1 fully saturated rings. The third kappa shape index (κ3) is 3.68. The second kappa shape index (κ2) is 8.28. The molecule has 3 N–H and O–H groups in total. The highest BCUT2D eigenvalue weighted by molar-refractivity contribution is 6.10. The molecule has 0 radical (unpaired) electrons. The molecule has 156 valence electrons. The monoisotopic (exact) mass is 412 g/mol. The van der Waals surface area contributed by atoms with E-state index in [1.807, 2.05) is 66.9 Å². The zero-order chi connectivity index (χ0) is 21.2. The normalized spacial score (nSPS) is 15.8. The van der Waals surface area contributed by atoms with Crippen LogP contribution in [0.15, 0.2) is 85.1 Å². The first kappa shape index (κ1) is 19.4. The number of piperazine rings is 1. The van der Waals surface area contributed by atoms with Crippen LogP contribution < -0.4 is 9.80 Å².